The van der Waals surface area contributed by atoms with Gasteiger partial charge in [0.1, 0.15) is 5.75 Å². The van der Waals surface area contributed by atoms with Gasteiger partial charge >= 0.3 is 5.97 Å². The van der Waals surface area contributed by atoms with Gasteiger partial charge in [-0.3, -0.25) is 9.79 Å². The summed E-state index contributed by atoms with van der Waals surface area (Å²) in [5, 5.41) is 8.98. The Balaban J connectivity index is 1.90. The molecule has 0 radical (unpaired) electrons. The zero-order valence-electron chi connectivity index (χ0n) is 13.3. The second-order valence-corrected chi connectivity index (χ2v) is 6.00. The average molecular weight is 319 g/mol. The minimum absolute atomic E-state index is 0.103. The van der Waals surface area contributed by atoms with E-state index < -0.39 is 5.97 Å². The highest BCUT2D eigenvalue weighted by atomic mass is 16.5. The minimum atomic E-state index is -0.709. The minimum Gasteiger partial charge on any atom is -0.494 e. The Morgan fingerprint density at radius 1 is 1.35 bits per heavy atom. The van der Waals surface area contributed by atoms with Gasteiger partial charge in [-0.2, -0.15) is 0 Å². The van der Waals surface area contributed by atoms with E-state index in [-0.39, 0.29) is 18.3 Å². The molecule has 1 atom stereocenters. The van der Waals surface area contributed by atoms with Crippen molar-refractivity contribution in [3.8, 4) is 5.75 Å². The number of carbonyl (C=O) groups is 1. The number of guanidine groups is 1. The number of fused-ring (bicyclic) bond motifs is 1. The third kappa shape index (κ3) is 5.81. The number of carboxylic acids is 1. The van der Waals surface area contributed by atoms with Crippen LogP contribution in [0.2, 0.25) is 0 Å². The first kappa shape index (κ1) is 17.1. The lowest BCUT2D eigenvalue weighted by molar-refractivity contribution is -0.138. The van der Waals surface area contributed by atoms with Gasteiger partial charge in [0.15, 0.2) is 5.96 Å². The van der Waals surface area contributed by atoms with Crippen LogP contribution in [0.5, 0.6) is 5.75 Å². The van der Waals surface area contributed by atoms with Gasteiger partial charge in [-0.25, -0.2) is 0 Å². The summed E-state index contributed by atoms with van der Waals surface area (Å²) in [7, 11) is 0. The lowest BCUT2D eigenvalue weighted by Gasteiger charge is -2.13. The molecule has 6 nitrogen and oxygen atoms in total. The van der Waals surface area contributed by atoms with E-state index in [1.54, 1.807) is 0 Å². The molecular formula is C17H25N3O3. The fourth-order valence-electron chi connectivity index (χ4n) is 3.00. The second kappa shape index (κ2) is 8.41. The molecule has 0 heterocycles. The summed E-state index contributed by atoms with van der Waals surface area (Å²) < 4.78 is 5.74. The Labute approximate surface area is 136 Å². The number of aliphatic imine (C=N–C) groups is 1. The van der Waals surface area contributed by atoms with Crippen LogP contribution in [0.1, 0.15) is 36.8 Å². The van der Waals surface area contributed by atoms with Gasteiger partial charge in [0.25, 0.3) is 0 Å². The third-order valence-corrected chi connectivity index (χ3v) is 4.07. The van der Waals surface area contributed by atoms with Crippen LogP contribution >= 0.6 is 0 Å². The van der Waals surface area contributed by atoms with E-state index in [1.807, 2.05) is 6.07 Å². The van der Waals surface area contributed by atoms with Crippen LogP contribution in [-0.4, -0.2) is 30.2 Å². The number of nitrogens with two attached hydrogens (primary N) is 2. The molecular weight excluding hydrogens is 294 g/mol. The van der Waals surface area contributed by atoms with Crippen molar-refractivity contribution in [2.75, 3.05) is 13.2 Å². The lowest BCUT2D eigenvalue weighted by Crippen LogP contribution is -2.23. The van der Waals surface area contributed by atoms with Crippen molar-refractivity contribution in [3.63, 3.8) is 0 Å². The molecule has 1 aliphatic rings. The summed E-state index contributed by atoms with van der Waals surface area (Å²) >= 11 is 0. The quantitative estimate of drug-likeness (QED) is 0.306. The van der Waals surface area contributed by atoms with Gasteiger partial charge in [-0.1, -0.05) is 6.07 Å². The number of nitrogens with zero attached hydrogens (tertiary/aromatic N) is 1. The Morgan fingerprint density at radius 3 is 2.91 bits per heavy atom. The van der Waals surface area contributed by atoms with Crippen molar-refractivity contribution >= 4 is 11.9 Å². The van der Waals surface area contributed by atoms with E-state index in [9.17, 15) is 4.79 Å². The number of aryl methyl sites for hydroxylation is 1. The number of hydrogen-bond acceptors (Lipinski definition) is 3. The molecule has 5 N–H and O–H groups in total. The molecule has 0 spiro atoms. The molecule has 6 heteroatoms. The van der Waals surface area contributed by atoms with Gasteiger partial charge in [0.05, 0.1) is 6.61 Å². The molecule has 1 aromatic carbocycles. The molecule has 1 aromatic rings. The predicted octanol–water partition coefficient (Wildman–Crippen LogP) is 1.70. The standard InChI is InChI=1S/C17H25N3O3/c18-17(19)20-7-2-8-23-15-6-5-14-9-12(10-16(21)22)3-1-4-13(14)11-15/h5-6,11-12H,1-4,7-10H2,(H,21,22)(H4,18,19,20). The first-order chi connectivity index (χ1) is 11.0. The maximum atomic E-state index is 10.9. The highest BCUT2D eigenvalue weighted by Gasteiger charge is 2.19. The van der Waals surface area contributed by atoms with E-state index in [1.165, 1.54) is 11.1 Å². The molecule has 0 amide bonds. The van der Waals surface area contributed by atoms with Gasteiger partial charge in [-0.15, -0.1) is 0 Å². The second-order valence-electron chi connectivity index (χ2n) is 6.00. The average Bonchev–Trinajstić information content (AvgIpc) is 2.67. The van der Waals surface area contributed by atoms with E-state index in [0.29, 0.717) is 13.2 Å². The molecule has 1 aliphatic carbocycles. The first-order valence-electron chi connectivity index (χ1n) is 8.06. The molecule has 0 saturated carbocycles. The zero-order chi connectivity index (χ0) is 16.7. The van der Waals surface area contributed by atoms with Crippen LogP contribution in [0.15, 0.2) is 23.2 Å². The Morgan fingerprint density at radius 2 is 2.17 bits per heavy atom. The number of carboxylic acid groups (broad SMARTS) is 1. The fraction of sp³-hybridized carbons (Fsp3) is 0.529. The van der Waals surface area contributed by atoms with E-state index in [4.69, 9.17) is 21.3 Å². The third-order valence-electron chi connectivity index (χ3n) is 4.07. The van der Waals surface area contributed by atoms with E-state index >= 15 is 0 Å². The Bertz CT molecular complexity index is 568. The van der Waals surface area contributed by atoms with Crippen LogP contribution in [0.3, 0.4) is 0 Å². The SMILES string of the molecule is NC(N)=NCCCOc1ccc2c(c1)CCCC(CC(=O)O)C2. The fourth-order valence-corrected chi connectivity index (χ4v) is 3.00. The summed E-state index contributed by atoms with van der Waals surface area (Å²) in [6, 6.07) is 6.11. The normalized spacial score (nSPS) is 17.0. The van der Waals surface area contributed by atoms with Crippen molar-refractivity contribution in [2.45, 2.75) is 38.5 Å². The van der Waals surface area contributed by atoms with Gasteiger partial charge in [-0.05, 0) is 54.9 Å². The molecule has 0 saturated heterocycles. The molecule has 1 unspecified atom stereocenters. The molecule has 2 rings (SSSR count). The summed E-state index contributed by atoms with van der Waals surface area (Å²) in [5.74, 6) is 0.482. The highest BCUT2D eigenvalue weighted by molar-refractivity contribution is 5.75. The maximum absolute atomic E-state index is 10.9. The monoisotopic (exact) mass is 319 g/mol. The van der Waals surface area contributed by atoms with Crippen LogP contribution in [0.25, 0.3) is 0 Å². The predicted molar refractivity (Wildman–Crippen MR) is 89.6 cm³/mol. The summed E-state index contributed by atoms with van der Waals surface area (Å²) in [6.07, 6.45) is 4.83. The number of rotatable bonds is 7. The van der Waals surface area contributed by atoms with Crippen LogP contribution in [0.4, 0.5) is 0 Å². The lowest BCUT2D eigenvalue weighted by atomic mass is 9.94. The Kier molecular flexibility index (Phi) is 6.26. The molecule has 0 aromatic heterocycles. The summed E-state index contributed by atoms with van der Waals surface area (Å²) in [5.41, 5.74) is 13.1. The van der Waals surface area contributed by atoms with Gasteiger partial charge < -0.3 is 21.3 Å². The Hall–Kier alpha value is -2.24. The van der Waals surface area contributed by atoms with Crippen LogP contribution < -0.4 is 16.2 Å². The van der Waals surface area contributed by atoms with Crippen molar-refractivity contribution in [1.82, 2.24) is 0 Å². The molecule has 126 valence electrons. The van der Waals surface area contributed by atoms with Gasteiger partial charge in [0.2, 0.25) is 0 Å². The maximum Gasteiger partial charge on any atom is 0.303 e. The van der Waals surface area contributed by atoms with Gasteiger partial charge in [0, 0.05) is 19.4 Å². The molecule has 0 bridgehead atoms. The summed E-state index contributed by atoms with van der Waals surface area (Å²) in [6.45, 7) is 1.13. The van der Waals surface area contributed by atoms with Crippen molar-refractivity contribution in [2.24, 2.45) is 22.4 Å². The number of hydrogen-bond donors (Lipinski definition) is 3. The largest absolute Gasteiger partial charge is 0.494 e. The van der Waals surface area contributed by atoms with E-state index in [2.05, 4.69) is 17.1 Å². The molecule has 0 fully saturated rings. The zero-order valence-corrected chi connectivity index (χ0v) is 13.3. The van der Waals surface area contributed by atoms with Crippen molar-refractivity contribution in [1.29, 1.82) is 0 Å². The van der Waals surface area contributed by atoms with Crippen molar-refractivity contribution < 1.29 is 14.6 Å². The topological polar surface area (TPSA) is 111 Å². The highest BCUT2D eigenvalue weighted by Crippen LogP contribution is 2.29. The molecule has 23 heavy (non-hydrogen) atoms. The smallest absolute Gasteiger partial charge is 0.303 e. The first-order valence-corrected chi connectivity index (χ1v) is 8.06. The van der Waals surface area contributed by atoms with Crippen LogP contribution in [-0.2, 0) is 17.6 Å². The number of benzene rings is 1. The van der Waals surface area contributed by atoms with Crippen molar-refractivity contribution in [3.05, 3.63) is 29.3 Å². The molecule has 0 aliphatic heterocycles. The summed E-state index contributed by atoms with van der Waals surface area (Å²) in [4.78, 5) is 14.8. The van der Waals surface area contributed by atoms with Crippen LogP contribution in [0, 0.1) is 5.92 Å². The number of aliphatic carboxylic acids is 1. The number of ether oxygens (including phenoxy) is 1. The van der Waals surface area contributed by atoms with E-state index in [0.717, 1.165) is 37.9 Å².